The van der Waals surface area contributed by atoms with E-state index in [1.807, 2.05) is 6.92 Å². The van der Waals surface area contributed by atoms with Crippen LogP contribution < -0.4 is 20.8 Å². The topological polar surface area (TPSA) is 235 Å². The van der Waals surface area contributed by atoms with E-state index in [4.69, 9.17) is 20.1 Å². The average Bonchev–Trinajstić information content (AvgIpc) is 3.18. The van der Waals surface area contributed by atoms with Crippen molar-refractivity contribution in [3.05, 3.63) is 16.7 Å². The number of imidazole rings is 1. The number of phosphoric acid groups is 2. The maximum atomic E-state index is 12.3. The minimum Gasteiger partial charge on any atom is -0.756 e. The maximum Gasteiger partial charge on any atom is 0.478 e. The fourth-order valence-corrected chi connectivity index (χ4v) is 5.35. The summed E-state index contributed by atoms with van der Waals surface area (Å²) in [6.07, 6.45) is -0.851. The highest BCUT2D eigenvalue weighted by Gasteiger charge is 2.49. The summed E-state index contributed by atoms with van der Waals surface area (Å²) >= 11 is 0. The van der Waals surface area contributed by atoms with Crippen molar-refractivity contribution < 1.29 is 51.8 Å². The van der Waals surface area contributed by atoms with Crippen LogP contribution in [0.5, 0.6) is 0 Å². The van der Waals surface area contributed by atoms with E-state index in [9.17, 15) is 28.8 Å². The van der Waals surface area contributed by atoms with Gasteiger partial charge in [0.15, 0.2) is 0 Å². The maximum absolute atomic E-state index is 12.3. The van der Waals surface area contributed by atoms with E-state index in [2.05, 4.69) is 18.8 Å². The number of aromatic nitrogens is 4. The molecule has 1 aliphatic rings. The van der Waals surface area contributed by atoms with Crippen LogP contribution in [-0.4, -0.2) is 61.5 Å². The smallest absolute Gasteiger partial charge is 0.478 e. The lowest BCUT2D eigenvalue weighted by molar-refractivity contribution is -0.646. The van der Waals surface area contributed by atoms with Crippen molar-refractivity contribution in [2.75, 3.05) is 25.6 Å². The molecule has 18 heteroatoms. The van der Waals surface area contributed by atoms with E-state index in [0.717, 1.165) is 6.42 Å². The molecule has 0 radical (unpaired) electrons. The van der Waals surface area contributed by atoms with Crippen LogP contribution in [0.2, 0.25) is 0 Å². The molecule has 1 saturated heterocycles. The van der Waals surface area contributed by atoms with Crippen LogP contribution in [0.3, 0.4) is 0 Å². The molecule has 0 bridgehead atoms. The number of nitrogen functional groups attached to an aromatic ring is 1. The number of phosphoric ester groups is 1. The van der Waals surface area contributed by atoms with Crippen LogP contribution in [0.25, 0.3) is 11.2 Å². The zero-order valence-corrected chi connectivity index (χ0v) is 20.1. The Bertz CT molecular complexity index is 1160. The standard InChI is InChI=1S/C16H27N5O11P2/c1-3-5-29-6-4-9-10(7-30-34(27,28)32-33(24,25)26)31-15(12(9)22)21-8-20(2)11-13(21)18-16(17)19-14(11)23/h8-10,12,15,22H,3-7H2,1-2H3,(H5-,17,18,19,23,24,25,26,27,28)/t9-,10-,12-,15-/m1/s1. The van der Waals surface area contributed by atoms with Gasteiger partial charge in [0.05, 0.1) is 19.8 Å². The first kappa shape index (κ1) is 26.9. The molecule has 0 spiro atoms. The molecule has 2 unspecified atom stereocenters. The molecule has 3 rings (SSSR count). The van der Waals surface area contributed by atoms with E-state index < -0.39 is 52.2 Å². The largest absolute Gasteiger partial charge is 0.756 e. The molecule has 2 aromatic heterocycles. The van der Waals surface area contributed by atoms with Crippen LogP contribution in [0, 0.1) is 5.92 Å². The number of hydrogen-bond donors (Lipinski definition) is 5. The Labute approximate surface area is 193 Å². The molecular formula is C16H27N5O11P2. The molecule has 3 heterocycles. The minimum absolute atomic E-state index is 0.124. The third-order valence-corrected chi connectivity index (χ3v) is 7.27. The SMILES string of the molecule is CCCOCC[C@H]1[C@@H](O)[C@H](n2c[n+](C)c3c(=O)[nH]c(N)nc32)O[C@@H]1COP(=O)(O)OP(=O)([O-])O. The van der Waals surface area contributed by atoms with Gasteiger partial charge in [-0.05, 0) is 12.8 Å². The second kappa shape index (κ2) is 10.5. The van der Waals surface area contributed by atoms with E-state index in [-0.39, 0.29) is 30.1 Å². The van der Waals surface area contributed by atoms with Crippen LogP contribution >= 0.6 is 15.6 Å². The van der Waals surface area contributed by atoms with Crippen molar-refractivity contribution in [1.29, 1.82) is 0 Å². The number of nitrogens with zero attached hydrogens (tertiary/aromatic N) is 3. The molecule has 1 aliphatic heterocycles. The number of aromatic amines is 1. The van der Waals surface area contributed by atoms with Crippen molar-refractivity contribution in [2.45, 2.75) is 38.2 Å². The number of ether oxygens (including phenoxy) is 2. The van der Waals surface area contributed by atoms with Gasteiger partial charge in [-0.2, -0.15) is 9.55 Å². The summed E-state index contributed by atoms with van der Waals surface area (Å²) < 4.78 is 45.2. The molecule has 192 valence electrons. The van der Waals surface area contributed by atoms with Crippen LogP contribution in [0.1, 0.15) is 26.0 Å². The molecule has 0 aromatic carbocycles. The van der Waals surface area contributed by atoms with Gasteiger partial charge in [-0.3, -0.25) is 18.9 Å². The Morgan fingerprint density at radius 1 is 1.38 bits per heavy atom. The van der Waals surface area contributed by atoms with E-state index in [1.54, 1.807) is 7.05 Å². The highest BCUT2D eigenvalue weighted by Crippen LogP contribution is 2.56. The Balaban J connectivity index is 1.87. The first-order valence-electron chi connectivity index (χ1n) is 10.2. The Kier molecular flexibility index (Phi) is 8.30. The summed E-state index contributed by atoms with van der Waals surface area (Å²) in [6.45, 7) is 1.97. The van der Waals surface area contributed by atoms with Crippen molar-refractivity contribution >= 4 is 32.8 Å². The molecule has 34 heavy (non-hydrogen) atoms. The number of rotatable bonds is 11. The van der Waals surface area contributed by atoms with Crippen LogP contribution in [0.15, 0.2) is 11.1 Å². The van der Waals surface area contributed by atoms with Gasteiger partial charge in [-0.25, -0.2) is 13.4 Å². The first-order chi connectivity index (χ1) is 15.8. The van der Waals surface area contributed by atoms with Crippen molar-refractivity contribution in [3.8, 4) is 0 Å². The summed E-state index contributed by atoms with van der Waals surface area (Å²) in [5.41, 5.74) is 5.44. The fourth-order valence-electron chi connectivity index (χ4n) is 3.78. The number of anilines is 1. The van der Waals surface area contributed by atoms with Gasteiger partial charge in [0.25, 0.3) is 19.0 Å². The van der Waals surface area contributed by atoms with E-state index >= 15 is 0 Å². The number of aliphatic hydroxyl groups excluding tert-OH is 1. The second-order valence-corrected chi connectivity index (χ2v) is 10.5. The van der Waals surface area contributed by atoms with Gasteiger partial charge in [0.2, 0.25) is 18.5 Å². The molecule has 0 aliphatic carbocycles. The molecule has 2 aromatic rings. The molecule has 1 fully saturated rings. The molecule has 6 N–H and O–H groups in total. The average molecular weight is 527 g/mol. The third-order valence-electron chi connectivity index (χ3n) is 5.14. The van der Waals surface area contributed by atoms with Gasteiger partial charge in [-0.1, -0.05) is 6.92 Å². The van der Waals surface area contributed by atoms with Crippen LogP contribution in [0.4, 0.5) is 5.95 Å². The summed E-state index contributed by atoms with van der Waals surface area (Å²) in [7, 11) is -9.16. The molecule has 0 amide bonds. The van der Waals surface area contributed by atoms with Crippen molar-refractivity contribution in [1.82, 2.24) is 14.5 Å². The summed E-state index contributed by atoms with van der Waals surface area (Å²) in [5, 5.41) is 11.0. The number of aliphatic hydroxyl groups is 1. The van der Waals surface area contributed by atoms with Gasteiger partial charge >= 0.3 is 13.4 Å². The molecular weight excluding hydrogens is 500 g/mol. The lowest BCUT2D eigenvalue weighted by atomic mass is 9.95. The highest BCUT2D eigenvalue weighted by molar-refractivity contribution is 7.60. The summed E-state index contributed by atoms with van der Waals surface area (Å²) in [5.74, 6) is -0.851. The van der Waals surface area contributed by atoms with Crippen molar-refractivity contribution in [3.63, 3.8) is 0 Å². The Morgan fingerprint density at radius 3 is 2.74 bits per heavy atom. The van der Waals surface area contributed by atoms with Gasteiger partial charge in [-0.15, -0.1) is 0 Å². The Hall–Kier alpha value is -1.71. The quantitative estimate of drug-likeness (QED) is 0.126. The predicted molar refractivity (Wildman–Crippen MR) is 112 cm³/mol. The molecule has 16 nitrogen and oxygen atoms in total. The third kappa shape index (κ3) is 6.29. The number of nitrogens with one attached hydrogen (secondary N) is 1. The number of H-pyrrole nitrogens is 1. The zero-order valence-electron chi connectivity index (χ0n) is 18.3. The van der Waals surface area contributed by atoms with Gasteiger partial charge in [0, 0.05) is 19.1 Å². The number of fused-ring (bicyclic) bond motifs is 1. The fraction of sp³-hybridized carbons (Fsp3) is 0.688. The lowest BCUT2D eigenvalue weighted by Gasteiger charge is -2.22. The summed E-state index contributed by atoms with van der Waals surface area (Å²) in [6, 6.07) is 0. The predicted octanol–water partition coefficient (Wildman–Crippen LogP) is -1.58. The molecule has 0 saturated carbocycles. The minimum atomic E-state index is -5.55. The number of hydrogen-bond acceptors (Lipinski definition) is 11. The second-order valence-electron chi connectivity index (χ2n) is 7.69. The normalized spacial score (nSPS) is 26.5. The zero-order chi connectivity index (χ0) is 25.3. The van der Waals surface area contributed by atoms with E-state index in [0.29, 0.717) is 6.61 Å². The van der Waals surface area contributed by atoms with Crippen LogP contribution in [-0.2, 0) is 34.5 Å². The van der Waals surface area contributed by atoms with Gasteiger partial charge < -0.3 is 35.0 Å². The molecule has 6 atom stereocenters. The van der Waals surface area contributed by atoms with E-state index in [1.165, 1.54) is 15.5 Å². The monoisotopic (exact) mass is 527 g/mol. The first-order valence-corrected chi connectivity index (χ1v) is 13.2. The number of nitrogens with two attached hydrogens (primary N) is 1. The van der Waals surface area contributed by atoms with Gasteiger partial charge in [0.1, 0.15) is 6.10 Å². The summed E-state index contributed by atoms with van der Waals surface area (Å²) in [4.78, 5) is 47.8. The number of aryl methyl sites for hydroxylation is 1. The lowest BCUT2D eigenvalue weighted by Crippen LogP contribution is -2.32. The Morgan fingerprint density at radius 2 is 2.09 bits per heavy atom. The highest BCUT2D eigenvalue weighted by atomic mass is 31.3. The van der Waals surface area contributed by atoms with Crippen molar-refractivity contribution in [2.24, 2.45) is 13.0 Å².